The number of hydrogen-bond donors (Lipinski definition) is 2. The predicted molar refractivity (Wildman–Crippen MR) is 114 cm³/mol. The lowest BCUT2D eigenvalue weighted by Crippen LogP contribution is -2.20. The maximum absolute atomic E-state index is 12.5. The fraction of sp³-hybridized carbons (Fsp3) is 0.0952. The van der Waals surface area contributed by atoms with Crippen LogP contribution in [0.2, 0.25) is 5.02 Å². The Morgan fingerprint density at radius 1 is 0.931 bits per heavy atom. The van der Waals surface area contributed by atoms with Gasteiger partial charge < -0.3 is 10.1 Å². The molecule has 0 saturated heterocycles. The smallest absolute Gasteiger partial charge is 0.262 e. The summed E-state index contributed by atoms with van der Waals surface area (Å²) < 4.78 is 32.9. The largest absolute Gasteiger partial charge is 0.483 e. The fourth-order valence-corrected chi connectivity index (χ4v) is 3.69. The molecule has 3 aromatic rings. The molecule has 2 N–H and O–H groups in total. The van der Waals surface area contributed by atoms with Crippen LogP contribution in [0, 0.1) is 6.92 Å². The number of ether oxygens (including phenoxy) is 1. The van der Waals surface area contributed by atoms with Gasteiger partial charge in [-0.1, -0.05) is 29.8 Å². The summed E-state index contributed by atoms with van der Waals surface area (Å²) in [5, 5.41) is 3.19. The Bertz CT molecular complexity index is 1100. The minimum absolute atomic E-state index is 0.0709. The van der Waals surface area contributed by atoms with E-state index in [1.165, 1.54) is 24.3 Å². The van der Waals surface area contributed by atoms with Crippen molar-refractivity contribution >= 4 is 38.9 Å². The summed E-state index contributed by atoms with van der Waals surface area (Å²) in [4.78, 5) is 12.1. The van der Waals surface area contributed by atoms with Crippen molar-refractivity contribution in [2.75, 3.05) is 16.6 Å². The summed E-state index contributed by atoms with van der Waals surface area (Å²) >= 11 is 5.80. The molecule has 0 aromatic heterocycles. The second-order valence-corrected chi connectivity index (χ2v) is 8.36. The first kappa shape index (κ1) is 20.7. The Hall–Kier alpha value is -3.03. The maximum Gasteiger partial charge on any atom is 0.262 e. The van der Waals surface area contributed by atoms with Gasteiger partial charge in [0.2, 0.25) is 0 Å². The number of benzene rings is 3. The standard InChI is InChI=1S/C21H19ClN2O4S/c1-15-4-2-3-5-20(15)28-14-21(25)23-17-10-12-19(13-11-17)29(26,27)24-18-8-6-16(22)7-9-18/h2-13,24H,14H2,1H3,(H,23,25). The number of carbonyl (C=O) groups is 1. The van der Waals surface area contributed by atoms with E-state index in [9.17, 15) is 13.2 Å². The zero-order valence-electron chi connectivity index (χ0n) is 15.6. The highest BCUT2D eigenvalue weighted by atomic mass is 35.5. The highest BCUT2D eigenvalue weighted by Gasteiger charge is 2.14. The first-order chi connectivity index (χ1) is 13.8. The third kappa shape index (κ3) is 5.73. The van der Waals surface area contributed by atoms with E-state index in [4.69, 9.17) is 16.3 Å². The van der Waals surface area contributed by atoms with E-state index in [0.29, 0.717) is 22.1 Å². The summed E-state index contributed by atoms with van der Waals surface area (Å²) in [6, 6.07) is 19.6. The molecule has 0 spiro atoms. The van der Waals surface area contributed by atoms with E-state index in [2.05, 4.69) is 10.0 Å². The van der Waals surface area contributed by atoms with Crippen LogP contribution in [-0.4, -0.2) is 20.9 Å². The van der Waals surface area contributed by atoms with Crippen LogP contribution in [-0.2, 0) is 14.8 Å². The third-order valence-electron chi connectivity index (χ3n) is 4.00. The number of nitrogens with one attached hydrogen (secondary N) is 2. The number of rotatable bonds is 7. The average molecular weight is 431 g/mol. The van der Waals surface area contributed by atoms with Gasteiger partial charge in [0.1, 0.15) is 5.75 Å². The highest BCUT2D eigenvalue weighted by Crippen LogP contribution is 2.20. The molecule has 0 aliphatic rings. The summed E-state index contributed by atoms with van der Waals surface area (Å²) in [7, 11) is -3.75. The monoisotopic (exact) mass is 430 g/mol. The Labute approximate surface area is 174 Å². The predicted octanol–water partition coefficient (Wildman–Crippen LogP) is 4.47. The van der Waals surface area contributed by atoms with Gasteiger partial charge in [0.25, 0.3) is 15.9 Å². The zero-order valence-corrected chi connectivity index (χ0v) is 17.1. The van der Waals surface area contributed by atoms with E-state index in [1.54, 1.807) is 30.3 Å². The van der Waals surface area contributed by atoms with Gasteiger partial charge in [-0.15, -0.1) is 0 Å². The van der Waals surface area contributed by atoms with E-state index in [1.807, 2.05) is 25.1 Å². The van der Waals surface area contributed by atoms with Gasteiger partial charge >= 0.3 is 0 Å². The van der Waals surface area contributed by atoms with Crippen LogP contribution < -0.4 is 14.8 Å². The number of anilines is 2. The molecule has 6 nitrogen and oxygen atoms in total. The minimum atomic E-state index is -3.75. The molecule has 0 bridgehead atoms. The molecule has 3 rings (SSSR count). The van der Waals surface area contributed by atoms with Gasteiger partial charge in [-0.2, -0.15) is 0 Å². The first-order valence-electron chi connectivity index (χ1n) is 8.70. The minimum Gasteiger partial charge on any atom is -0.483 e. The number of para-hydroxylation sites is 1. The number of amides is 1. The molecule has 0 atom stereocenters. The van der Waals surface area contributed by atoms with Crippen molar-refractivity contribution in [2.45, 2.75) is 11.8 Å². The summed E-state index contributed by atoms with van der Waals surface area (Å²) in [5.41, 5.74) is 1.80. The van der Waals surface area contributed by atoms with Gasteiger partial charge in [-0.05, 0) is 67.1 Å². The molecule has 0 aliphatic carbocycles. The molecule has 3 aromatic carbocycles. The van der Waals surface area contributed by atoms with E-state index < -0.39 is 10.0 Å². The lowest BCUT2D eigenvalue weighted by molar-refractivity contribution is -0.118. The van der Waals surface area contributed by atoms with Crippen LogP contribution in [0.5, 0.6) is 5.75 Å². The Morgan fingerprint density at radius 2 is 1.55 bits per heavy atom. The highest BCUT2D eigenvalue weighted by molar-refractivity contribution is 7.92. The number of carbonyl (C=O) groups excluding carboxylic acids is 1. The van der Waals surface area contributed by atoms with Gasteiger partial charge in [0.05, 0.1) is 4.90 Å². The van der Waals surface area contributed by atoms with Crippen LogP contribution in [0.3, 0.4) is 0 Å². The molecule has 8 heteroatoms. The van der Waals surface area contributed by atoms with E-state index in [-0.39, 0.29) is 17.4 Å². The van der Waals surface area contributed by atoms with Crippen molar-refractivity contribution in [2.24, 2.45) is 0 Å². The molecule has 0 aliphatic heterocycles. The van der Waals surface area contributed by atoms with Gasteiger partial charge in [-0.3, -0.25) is 9.52 Å². The Balaban J connectivity index is 1.59. The molecular weight excluding hydrogens is 412 g/mol. The molecule has 29 heavy (non-hydrogen) atoms. The van der Waals surface area contributed by atoms with Crippen molar-refractivity contribution in [3.05, 3.63) is 83.4 Å². The average Bonchev–Trinajstić information content (AvgIpc) is 2.69. The first-order valence-corrected chi connectivity index (χ1v) is 10.6. The fourth-order valence-electron chi connectivity index (χ4n) is 2.51. The number of halogens is 1. The molecular formula is C21H19ClN2O4S. The lowest BCUT2D eigenvalue weighted by Gasteiger charge is -2.11. The van der Waals surface area contributed by atoms with Gasteiger partial charge in [0.15, 0.2) is 6.61 Å². The SMILES string of the molecule is Cc1ccccc1OCC(=O)Nc1ccc(S(=O)(=O)Nc2ccc(Cl)cc2)cc1. The van der Waals surface area contributed by atoms with Crippen molar-refractivity contribution in [3.63, 3.8) is 0 Å². The molecule has 0 fully saturated rings. The molecule has 0 radical (unpaired) electrons. The molecule has 0 heterocycles. The van der Waals surface area contributed by atoms with Crippen molar-refractivity contribution in [1.82, 2.24) is 0 Å². The van der Waals surface area contributed by atoms with Crippen molar-refractivity contribution in [3.8, 4) is 5.75 Å². The van der Waals surface area contributed by atoms with Crippen LogP contribution in [0.15, 0.2) is 77.7 Å². The second-order valence-electron chi connectivity index (χ2n) is 6.24. The van der Waals surface area contributed by atoms with Crippen LogP contribution in [0.4, 0.5) is 11.4 Å². The normalized spacial score (nSPS) is 11.0. The Morgan fingerprint density at radius 3 is 2.21 bits per heavy atom. The second kappa shape index (κ2) is 8.98. The topological polar surface area (TPSA) is 84.5 Å². The quantitative estimate of drug-likeness (QED) is 0.579. The third-order valence-corrected chi connectivity index (χ3v) is 5.65. The molecule has 0 unspecified atom stereocenters. The summed E-state index contributed by atoms with van der Waals surface area (Å²) in [5.74, 6) is 0.292. The maximum atomic E-state index is 12.5. The van der Waals surface area contributed by atoms with Gasteiger partial charge in [-0.25, -0.2) is 8.42 Å². The number of sulfonamides is 1. The molecule has 150 valence electrons. The summed E-state index contributed by atoms with van der Waals surface area (Å²) in [6.07, 6.45) is 0. The van der Waals surface area contributed by atoms with Crippen LogP contribution in [0.1, 0.15) is 5.56 Å². The van der Waals surface area contributed by atoms with Crippen molar-refractivity contribution in [1.29, 1.82) is 0 Å². The number of aryl methyl sites for hydroxylation is 1. The summed E-state index contributed by atoms with van der Waals surface area (Å²) in [6.45, 7) is 1.74. The lowest BCUT2D eigenvalue weighted by atomic mass is 10.2. The van der Waals surface area contributed by atoms with Crippen LogP contribution in [0.25, 0.3) is 0 Å². The number of hydrogen-bond acceptors (Lipinski definition) is 4. The zero-order chi connectivity index (χ0) is 20.9. The van der Waals surface area contributed by atoms with E-state index >= 15 is 0 Å². The van der Waals surface area contributed by atoms with E-state index in [0.717, 1.165) is 5.56 Å². The molecule has 0 saturated carbocycles. The van der Waals surface area contributed by atoms with Crippen LogP contribution >= 0.6 is 11.6 Å². The Kier molecular flexibility index (Phi) is 6.41. The van der Waals surface area contributed by atoms with Gasteiger partial charge in [0, 0.05) is 16.4 Å². The van der Waals surface area contributed by atoms with Crippen molar-refractivity contribution < 1.29 is 17.9 Å². The molecule has 1 amide bonds.